The van der Waals surface area contributed by atoms with E-state index in [1.54, 1.807) is 12.1 Å². The van der Waals surface area contributed by atoms with Crippen molar-refractivity contribution in [3.63, 3.8) is 0 Å². The normalized spacial score (nSPS) is 17.3. The van der Waals surface area contributed by atoms with E-state index in [1.165, 1.54) is 25.1 Å². The van der Waals surface area contributed by atoms with E-state index in [-0.39, 0.29) is 17.9 Å². The molecule has 1 unspecified atom stereocenters. The van der Waals surface area contributed by atoms with E-state index in [0.29, 0.717) is 18.4 Å². The van der Waals surface area contributed by atoms with Crippen LogP contribution < -0.4 is 10.1 Å². The van der Waals surface area contributed by atoms with Gasteiger partial charge in [-0.05, 0) is 49.6 Å². The van der Waals surface area contributed by atoms with Gasteiger partial charge in [-0.15, -0.1) is 0 Å². The second-order valence-electron chi connectivity index (χ2n) is 7.37. The Labute approximate surface area is 164 Å². The highest BCUT2D eigenvalue weighted by Gasteiger charge is 2.46. The minimum atomic E-state index is -4.44. The van der Waals surface area contributed by atoms with Gasteiger partial charge in [0.1, 0.15) is 17.2 Å². The van der Waals surface area contributed by atoms with Crippen LogP contribution in [0.15, 0.2) is 42.6 Å². The molecule has 156 valence electrons. The number of aliphatic hydroxyl groups is 1. The summed E-state index contributed by atoms with van der Waals surface area (Å²) in [6, 6.07) is 8.59. The van der Waals surface area contributed by atoms with Gasteiger partial charge in [0.25, 0.3) is 0 Å². The first-order valence-corrected chi connectivity index (χ1v) is 8.95. The van der Waals surface area contributed by atoms with Crippen LogP contribution in [0.25, 0.3) is 0 Å². The Bertz CT molecular complexity index is 878. The third kappa shape index (κ3) is 5.44. The molecule has 1 fully saturated rings. The predicted octanol–water partition coefficient (Wildman–Crippen LogP) is 3.56. The van der Waals surface area contributed by atoms with E-state index in [4.69, 9.17) is 4.74 Å². The molecule has 0 spiro atoms. The minimum Gasteiger partial charge on any atom is -0.484 e. The Morgan fingerprint density at radius 2 is 2.00 bits per heavy atom. The second-order valence-corrected chi connectivity index (χ2v) is 7.37. The molecule has 2 aromatic rings. The third-order valence-corrected chi connectivity index (χ3v) is 4.70. The highest BCUT2D eigenvalue weighted by Crippen LogP contribution is 2.46. The van der Waals surface area contributed by atoms with Crippen molar-refractivity contribution in [2.75, 3.05) is 6.61 Å². The first-order chi connectivity index (χ1) is 13.5. The summed E-state index contributed by atoms with van der Waals surface area (Å²) >= 11 is 0. The number of halogens is 4. The zero-order chi connectivity index (χ0) is 21.3. The molecule has 1 aliphatic rings. The lowest BCUT2D eigenvalue weighted by Crippen LogP contribution is -2.39. The minimum absolute atomic E-state index is 0.0582. The van der Waals surface area contributed by atoms with E-state index in [9.17, 15) is 27.5 Å². The number of ether oxygens (including phenoxy) is 1. The molecule has 1 saturated carbocycles. The molecule has 1 aromatic carbocycles. The maximum Gasteiger partial charge on any atom is 0.422 e. The second kappa shape index (κ2) is 7.62. The Morgan fingerprint density at radius 3 is 2.59 bits per heavy atom. The van der Waals surface area contributed by atoms with E-state index in [0.717, 1.165) is 12.3 Å². The first-order valence-electron chi connectivity index (χ1n) is 8.95. The number of alkyl halides is 3. The Morgan fingerprint density at radius 1 is 1.28 bits per heavy atom. The van der Waals surface area contributed by atoms with Gasteiger partial charge in [0.05, 0.1) is 23.9 Å². The van der Waals surface area contributed by atoms with Crippen molar-refractivity contribution in [3.8, 4) is 5.75 Å². The molecule has 1 amide bonds. The monoisotopic (exact) mass is 412 g/mol. The van der Waals surface area contributed by atoms with Gasteiger partial charge in [0.2, 0.25) is 5.91 Å². The standard InChI is InChI=1S/C20H20F4N2O3/c1-18(28,16-6-5-14(21)11-25-16)10-17(27)26-19(7-8-19)13-3-2-4-15(9-13)29-12-20(22,23)24/h2-6,9,11,28H,7-8,10,12H2,1H3,(H,26,27). The Hall–Kier alpha value is -2.68. The smallest absolute Gasteiger partial charge is 0.422 e. The van der Waals surface area contributed by atoms with E-state index < -0.39 is 35.6 Å². The van der Waals surface area contributed by atoms with Gasteiger partial charge < -0.3 is 15.2 Å². The van der Waals surface area contributed by atoms with Crippen molar-refractivity contribution in [1.82, 2.24) is 10.3 Å². The van der Waals surface area contributed by atoms with E-state index >= 15 is 0 Å². The van der Waals surface area contributed by atoms with Gasteiger partial charge in [0, 0.05) is 0 Å². The topological polar surface area (TPSA) is 71.5 Å². The summed E-state index contributed by atoms with van der Waals surface area (Å²) in [5.74, 6) is -0.957. The lowest BCUT2D eigenvalue weighted by atomic mass is 9.96. The lowest BCUT2D eigenvalue weighted by molar-refractivity contribution is -0.153. The van der Waals surface area contributed by atoms with Gasteiger partial charge in [0.15, 0.2) is 6.61 Å². The highest BCUT2D eigenvalue weighted by atomic mass is 19.4. The van der Waals surface area contributed by atoms with Gasteiger partial charge in [-0.25, -0.2) is 4.39 Å². The molecule has 1 heterocycles. The molecule has 0 radical (unpaired) electrons. The number of pyridine rings is 1. The van der Waals surface area contributed by atoms with E-state index in [1.807, 2.05) is 0 Å². The fraction of sp³-hybridized carbons (Fsp3) is 0.400. The molecule has 1 aliphatic carbocycles. The number of carbonyl (C=O) groups excluding carboxylic acids is 1. The van der Waals surface area contributed by atoms with Crippen LogP contribution in [-0.4, -0.2) is 28.8 Å². The molecule has 0 saturated heterocycles. The summed E-state index contributed by atoms with van der Waals surface area (Å²) in [5, 5.41) is 13.4. The van der Waals surface area contributed by atoms with Crippen molar-refractivity contribution in [2.24, 2.45) is 0 Å². The van der Waals surface area contributed by atoms with Crippen molar-refractivity contribution >= 4 is 5.91 Å². The molecule has 1 atom stereocenters. The van der Waals surface area contributed by atoms with Crippen molar-refractivity contribution < 1.29 is 32.2 Å². The number of nitrogens with one attached hydrogen (secondary N) is 1. The molecule has 5 nitrogen and oxygen atoms in total. The third-order valence-electron chi connectivity index (χ3n) is 4.70. The molecule has 1 aromatic heterocycles. The van der Waals surface area contributed by atoms with Crippen LogP contribution in [0.5, 0.6) is 5.75 Å². The molecule has 0 aliphatic heterocycles. The summed E-state index contributed by atoms with van der Waals surface area (Å²) in [7, 11) is 0. The number of aromatic nitrogens is 1. The Kier molecular flexibility index (Phi) is 5.53. The number of benzene rings is 1. The zero-order valence-corrected chi connectivity index (χ0v) is 15.6. The van der Waals surface area contributed by atoms with E-state index in [2.05, 4.69) is 10.3 Å². The predicted molar refractivity (Wildman–Crippen MR) is 95.4 cm³/mol. The van der Waals surface area contributed by atoms with Crippen LogP contribution in [0.4, 0.5) is 17.6 Å². The summed E-state index contributed by atoms with van der Waals surface area (Å²) in [4.78, 5) is 16.3. The lowest BCUT2D eigenvalue weighted by Gasteiger charge is -2.25. The number of carbonyl (C=O) groups is 1. The number of amides is 1. The molecule has 29 heavy (non-hydrogen) atoms. The Balaban J connectivity index is 1.66. The number of rotatable bonds is 7. The molecule has 9 heteroatoms. The SMILES string of the molecule is CC(O)(CC(=O)NC1(c2cccc(OCC(F)(F)F)c2)CC1)c1ccc(F)cn1. The summed E-state index contributed by atoms with van der Waals surface area (Å²) in [6.07, 6.45) is -2.58. The van der Waals surface area contributed by atoms with Crippen LogP contribution in [0.2, 0.25) is 0 Å². The van der Waals surface area contributed by atoms with Crippen LogP contribution in [0.1, 0.15) is 37.4 Å². The molecular weight excluding hydrogens is 392 g/mol. The van der Waals surface area contributed by atoms with Crippen LogP contribution in [0, 0.1) is 5.82 Å². The highest BCUT2D eigenvalue weighted by molar-refractivity contribution is 5.78. The summed E-state index contributed by atoms with van der Waals surface area (Å²) < 4.78 is 54.8. The largest absolute Gasteiger partial charge is 0.484 e. The number of nitrogens with zero attached hydrogens (tertiary/aromatic N) is 1. The summed E-state index contributed by atoms with van der Waals surface area (Å²) in [6.45, 7) is 0.00133. The van der Waals surface area contributed by atoms with Crippen molar-refractivity contribution in [1.29, 1.82) is 0 Å². The van der Waals surface area contributed by atoms with Crippen molar-refractivity contribution in [2.45, 2.75) is 43.5 Å². The van der Waals surface area contributed by atoms with Crippen LogP contribution >= 0.6 is 0 Å². The van der Waals surface area contributed by atoms with Crippen molar-refractivity contribution in [3.05, 3.63) is 59.7 Å². The van der Waals surface area contributed by atoms with Gasteiger partial charge in [-0.2, -0.15) is 13.2 Å². The average molecular weight is 412 g/mol. The molecule has 2 N–H and O–H groups in total. The van der Waals surface area contributed by atoms with Gasteiger partial charge >= 0.3 is 6.18 Å². The fourth-order valence-electron chi connectivity index (χ4n) is 3.07. The van der Waals surface area contributed by atoms with Crippen LogP contribution in [-0.2, 0) is 15.9 Å². The molecular formula is C20H20F4N2O3. The quantitative estimate of drug-likeness (QED) is 0.683. The maximum atomic E-state index is 13.0. The maximum absolute atomic E-state index is 13.0. The fourth-order valence-corrected chi connectivity index (χ4v) is 3.07. The van der Waals surface area contributed by atoms with Gasteiger partial charge in [-0.1, -0.05) is 12.1 Å². The molecule has 3 rings (SSSR count). The number of hydrogen-bond acceptors (Lipinski definition) is 4. The first kappa shape index (κ1) is 21.0. The summed E-state index contributed by atoms with van der Waals surface area (Å²) in [5.41, 5.74) is -1.53. The zero-order valence-electron chi connectivity index (χ0n) is 15.6. The molecule has 0 bridgehead atoms. The van der Waals surface area contributed by atoms with Gasteiger partial charge in [-0.3, -0.25) is 9.78 Å². The van der Waals surface area contributed by atoms with Crippen LogP contribution in [0.3, 0.4) is 0 Å². The average Bonchev–Trinajstić information content (AvgIpc) is 3.40. The number of hydrogen-bond donors (Lipinski definition) is 2.